The Morgan fingerprint density at radius 3 is 1.39 bits per heavy atom. The summed E-state index contributed by atoms with van der Waals surface area (Å²) < 4.78 is 0. The highest BCUT2D eigenvalue weighted by atomic mass is 16.3. The van der Waals surface area contributed by atoms with Gasteiger partial charge in [0.2, 0.25) is 0 Å². The predicted molar refractivity (Wildman–Crippen MR) is 124 cm³/mol. The molecule has 0 fully saturated rings. The number of hydrogen-bond acceptors (Lipinski definition) is 3. The van der Waals surface area contributed by atoms with E-state index in [-0.39, 0.29) is 11.6 Å². The Hall–Kier alpha value is -3.82. The van der Waals surface area contributed by atoms with Crippen molar-refractivity contribution in [2.24, 2.45) is 0 Å². The van der Waals surface area contributed by atoms with E-state index in [2.05, 4.69) is 48.5 Å². The Balaban J connectivity index is 0.000000133. The maximum Gasteiger partial charge on any atom is 0.188 e. The monoisotopic (exact) mass is 408 g/mol. The first kappa shape index (κ1) is 21.9. The third-order valence-electron chi connectivity index (χ3n) is 4.76. The number of Topliss-reactive ketones (excluding diaryl/α,β-unsaturated/α-hetero) is 2. The van der Waals surface area contributed by atoms with Crippen molar-refractivity contribution in [2.45, 2.75) is 6.42 Å². The summed E-state index contributed by atoms with van der Waals surface area (Å²) in [4.78, 5) is 21.7. The van der Waals surface area contributed by atoms with Crippen molar-refractivity contribution in [2.75, 3.05) is 6.61 Å². The first-order chi connectivity index (χ1) is 15.2. The van der Waals surface area contributed by atoms with Crippen LogP contribution in [0.3, 0.4) is 0 Å². The SMILES string of the molecule is O=C(CO)c1ccccc1.O=C1Cc2ccc1cc2.c1ccc(-c2ccccc2)cc1. The normalized spacial score (nSPS) is 10.9. The zero-order valence-electron chi connectivity index (χ0n) is 17.1. The minimum atomic E-state index is -0.413. The molecule has 2 aliphatic rings. The Morgan fingerprint density at radius 2 is 1.06 bits per heavy atom. The minimum absolute atomic E-state index is 0.236. The van der Waals surface area contributed by atoms with Gasteiger partial charge in [0.15, 0.2) is 11.6 Å². The largest absolute Gasteiger partial charge is 0.388 e. The smallest absolute Gasteiger partial charge is 0.188 e. The van der Waals surface area contributed by atoms with Gasteiger partial charge in [0.1, 0.15) is 6.61 Å². The third kappa shape index (κ3) is 6.59. The van der Waals surface area contributed by atoms with E-state index in [4.69, 9.17) is 5.11 Å². The van der Waals surface area contributed by atoms with Gasteiger partial charge in [-0.25, -0.2) is 0 Å². The van der Waals surface area contributed by atoms with Gasteiger partial charge in [0, 0.05) is 17.5 Å². The summed E-state index contributed by atoms with van der Waals surface area (Å²) in [5.41, 5.74) is 5.10. The van der Waals surface area contributed by atoms with Crippen LogP contribution in [0.5, 0.6) is 0 Å². The van der Waals surface area contributed by atoms with E-state index in [1.165, 1.54) is 11.1 Å². The van der Waals surface area contributed by atoms with E-state index in [1.54, 1.807) is 24.3 Å². The van der Waals surface area contributed by atoms with Crippen molar-refractivity contribution in [3.63, 3.8) is 0 Å². The topological polar surface area (TPSA) is 54.4 Å². The highest BCUT2D eigenvalue weighted by Gasteiger charge is 2.11. The van der Waals surface area contributed by atoms with Crippen LogP contribution in [0.25, 0.3) is 11.1 Å². The van der Waals surface area contributed by atoms with E-state index in [1.807, 2.05) is 42.5 Å². The Labute approximate surface area is 182 Å². The van der Waals surface area contributed by atoms with Gasteiger partial charge in [0.25, 0.3) is 0 Å². The Bertz CT molecular complexity index is 1050. The number of aliphatic hydroxyl groups excluding tert-OH is 1. The summed E-state index contributed by atoms with van der Waals surface area (Å²) >= 11 is 0. The average Bonchev–Trinajstić information content (AvgIpc) is 2.86. The van der Waals surface area contributed by atoms with E-state index < -0.39 is 6.61 Å². The molecule has 0 aliphatic heterocycles. The molecule has 0 spiro atoms. The molecule has 3 heteroatoms. The second-order valence-electron chi connectivity index (χ2n) is 6.98. The molecule has 4 aromatic rings. The highest BCUT2D eigenvalue weighted by molar-refractivity contribution is 5.99. The van der Waals surface area contributed by atoms with Crippen LogP contribution in [-0.4, -0.2) is 23.3 Å². The van der Waals surface area contributed by atoms with Gasteiger partial charge in [-0.1, -0.05) is 115 Å². The molecule has 2 bridgehead atoms. The van der Waals surface area contributed by atoms with Gasteiger partial charge >= 0.3 is 0 Å². The Kier molecular flexibility index (Phi) is 8.04. The quantitative estimate of drug-likeness (QED) is 0.446. The molecule has 1 N–H and O–H groups in total. The molecule has 0 unspecified atom stereocenters. The number of rotatable bonds is 3. The van der Waals surface area contributed by atoms with Crippen LogP contribution in [0.15, 0.2) is 115 Å². The lowest BCUT2D eigenvalue weighted by Gasteiger charge is -2.08. The molecule has 4 aromatic carbocycles. The third-order valence-corrected chi connectivity index (χ3v) is 4.76. The maximum atomic E-state index is 10.9. The summed E-state index contributed by atoms with van der Waals surface area (Å²) in [6.45, 7) is -0.413. The molecule has 0 atom stereocenters. The second-order valence-corrected chi connectivity index (χ2v) is 6.98. The van der Waals surface area contributed by atoms with Crippen molar-refractivity contribution >= 4 is 11.6 Å². The fourth-order valence-corrected chi connectivity index (χ4v) is 3.07. The van der Waals surface area contributed by atoms with E-state index in [0.717, 1.165) is 11.1 Å². The molecule has 0 aromatic heterocycles. The molecule has 154 valence electrons. The van der Waals surface area contributed by atoms with Crippen molar-refractivity contribution in [3.05, 3.63) is 132 Å². The summed E-state index contributed by atoms with van der Waals surface area (Å²) in [6.07, 6.45) is 0.613. The first-order valence-corrected chi connectivity index (χ1v) is 10.1. The number of fused-ring (bicyclic) bond motifs is 3. The minimum Gasteiger partial charge on any atom is -0.388 e. The lowest BCUT2D eigenvalue weighted by atomic mass is 9.95. The maximum absolute atomic E-state index is 10.9. The second kappa shape index (κ2) is 11.4. The molecule has 0 heterocycles. The van der Waals surface area contributed by atoms with Gasteiger partial charge in [-0.15, -0.1) is 0 Å². The molecule has 0 saturated carbocycles. The summed E-state index contributed by atoms with van der Waals surface area (Å²) in [5, 5.41) is 8.44. The number of carbonyl (C=O) groups is 2. The van der Waals surface area contributed by atoms with Crippen LogP contribution in [0.4, 0.5) is 0 Å². The highest BCUT2D eigenvalue weighted by Crippen LogP contribution is 2.17. The van der Waals surface area contributed by atoms with Crippen molar-refractivity contribution in [3.8, 4) is 11.1 Å². The van der Waals surface area contributed by atoms with E-state index in [0.29, 0.717) is 12.0 Å². The van der Waals surface area contributed by atoms with E-state index >= 15 is 0 Å². The zero-order chi connectivity index (χ0) is 21.9. The molecular weight excluding hydrogens is 384 g/mol. The molecule has 31 heavy (non-hydrogen) atoms. The predicted octanol–water partition coefficient (Wildman–Crippen LogP) is 5.64. The molecular formula is C28H24O3. The molecule has 0 saturated heterocycles. The summed E-state index contributed by atoms with van der Waals surface area (Å²) in [5.74, 6) is 0.0237. The van der Waals surface area contributed by atoms with Gasteiger partial charge in [-0.2, -0.15) is 0 Å². The lowest BCUT2D eigenvalue weighted by Crippen LogP contribution is -2.08. The van der Waals surface area contributed by atoms with Crippen LogP contribution in [-0.2, 0) is 6.42 Å². The van der Waals surface area contributed by atoms with Gasteiger partial charge in [0.05, 0.1) is 0 Å². The van der Waals surface area contributed by atoms with Crippen LogP contribution >= 0.6 is 0 Å². The number of aliphatic hydroxyl groups is 1. The van der Waals surface area contributed by atoms with Crippen molar-refractivity contribution in [1.82, 2.24) is 0 Å². The number of ketones is 2. The standard InChI is InChI=1S/C12H10.C8H8O2.C8H6O/c1-3-7-11(8-4-1)12-9-5-2-6-10-12;9-6-8(10)7-4-2-1-3-5-7;9-8-5-6-1-3-7(8)4-2-6/h1-10H;1-5,9H,6H2;1-4H,5H2. The lowest BCUT2D eigenvalue weighted by molar-refractivity contribution is 0.0903. The summed E-state index contributed by atoms with van der Waals surface area (Å²) in [7, 11) is 0. The number of hydrogen-bond donors (Lipinski definition) is 1. The van der Waals surface area contributed by atoms with Crippen molar-refractivity contribution in [1.29, 1.82) is 0 Å². The molecule has 2 aliphatic carbocycles. The Morgan fingerprint density at radius 1 is 0.613 bits per heavy atom. The zero-order valence-corrected chi connectivity index (χ0v) is 17.1. The molecule has 0 amide bonds. The van der Waals surface area contributed by atoms with Gasteiger partial charge in [-0.05, 0) is 16.7 Å². The van der Waals surface area contributed by atoms with Crippen LogP contribution in [0, 0.1) is 0 Å². The fourth-order valence-electron chi connectivity index (χ4n) is 3.07. The average molecular weight is 408 g/mol. The first-order valence-electron chi connectivity index (χ1n) is 10.1. The molecule has 0 radical (unpaired) electrons. The van der Waals surface area contributed by atoms with E-state index in [9.17, 15) is 9.59 Å². The summed E-state index contributed by atoms with van der Waals surface area (Å²) in [6, 6.07) is 37.2. The van der Waals surface area contributed by atoms with Crippen LogP contribution in [0.1, 0.15) is 26.3 Å². The number of benzene rings is 4. The molecule has 3 nitrogen and oxygen atoms in total. The van der Waals surface area contributed by atoms with Gasteiger partial charge < -0.3 is 5.11 Å². The van der Waals surface area contributed by atoms with Crippen LogP contribution in [0.2, 0.25) is 0 Å². The van der Waals surface area contributed by atoms with Gasteiger partial charge in [-0.3, -0.25) is 9.59 Å². The fraction of sp³-hybridized carbons (Fsp3) is 0.0714. The molecule has 6 rings (SSSR count). The number of carbonyl (C=O) groups excluding carboxylic acids is 2. The van der Waals surface area contributed by atoms with Crippen LogP contribution < -0.4 is 0 Å². The van der Waals surface area contributed by atoms with Crippen molar-refractivity contribution < 1.29 is 14.7 Å².